The van der Waals surface area contributed by atoms with Crippen molar-refractivity contribution in [3.63, 3.8) is 0 Å². The molecular weight excluding hydrogens is 222 g/mol. The number of rotatable bonds is 1. The minimum absolute atomic E-state index is 0.147. The van der Waals surface area contributed by atoms with Crippen LogP contribution in [0.5, 0.6) is 0 Å². The minimum Gasteiger partial charge on any atom is -0.440 e. The zero-order valence-electron chi connectivity index (χ0n) is 9.71. The highest BCUT2D eigenvalue weighted by molar-refractivity contribution is 5.73. The van der Waals surface area contributed by atoms with Crippen molar-refractivity contribution in [3.05, 3.63) is 71.6 Å². The molecule has 0 aliphatic heterocycles. The second kappa shape index (κ2) is 3.57. The molecule has 3 aromatic rings. The zero-order valence-corrected chi connectivity index (χ0v) is 9.71. The van der Waals surface area contributed by atoms with Gasteiger partial charge in [-0.15, -0.1) is 0 Å². The van der Waals surface area contributed by atoms with Gasteiger partial charge < -0.3 is 4.42 Å². The van der Waals surface area contributed by atoms with Crippen LogP contribution in [0.25, 0.3) is 17.2 Å². The number of fused-ring (bicyclic) bond motifs is 2. The molecule has 86 valence electrons. The van der Waals surface area contributed by atoms with Gasteiger partial charge in [0, 0.05) is 0 Å². The molecule has 0 saturated heterocycles. The van der Waals surface area contributed by atoms with Gasteiger partial charge in [0.15, 0.2) is 5.58 Å². The summed E-state index contributed by atoms with van der Waals surface area (Å²) in [7, 11) is 0. The van der Waals surface area contributed by atoms with Gasteiger partial charge >= 0.3 is 0 Å². The van der Waals surface area contributed by atoms with E-state index in [9.17, 15) is 0 Å². The molecule has 1 heterocycles. The highest BCUT2D eigenvalue weighted by Gasteiger charge is 2.23. The van der Waals surface area contributed by atoms with Gasteiger partial charge in [-0.2, -0.15) is 0 Å². The van der Waals surface area contributed by atoms with Crippen LogP contribution < -0.4 is 0 Å². The first kappa shape index (κ1) is 9.66. The van der Waals surface area contributed by atoms with Gasteiger partial charge in [0.05, 0.1) is 5.92 Å². The van der Waals surface area contributed by atoms with Crippen LogP contribution in [-0.2, 0) is 0 Å². The van der Waals surface area contributed by atoms with E-state index in [1.165, 1.54) is 11.1 Å². The van der Waals surface area contributed by atoms with Crippen molar-refractivity contribution in [1.29, 1.82) is 0 Å². The molecule has 2 aromatic carbocycles. The molecule has 2 nitrogen and oxygen atoms in total. The number of aromatic nitrogens is 1. The molecule has 1 atom stereocenters. The van der Waals surface area contributed by atoms with Crippen molar-refractivity contribution in [2.75, 3.05) is 0 Å². The van der Waals surface area contributed by atoms with Crippen molar-refractivity contribution in [1.82, 2.24) is 4.98 Å². The van der Waals surface area contributed by atoms with Crippen molar-refractivity contribution in [2.24, 2.45) is 0 Å². The summed E-state index contributed by atoms with van der Waals surface area (Å²) in [6.07, 6.45) is 4.28. The SMILES string of the molecule is C1=CC(c2nc3ccccc3o2)c2ccccc21. The van der Waals surface area contributed by atoms with Crippen LogP contribution in [0.15, 0.2) is 59.0 Å². The number of hydrogen-bond donors (Lipinski definition) is 0. The molecule has 1 aromatic heterocycles. The summed E-state index contributed by atoms with van der Waals surface area (Å²) in [6, 6.07) is 16.2. The molecule has 1 aliphatic carbocycles. The van der Waals surface area contributed by atoms with Gasteiger partial charge in [0.1, 0.15) is 5.52 Å². The molecule has 0 radical (unpaired) electrons. The first-order valence-electron chi connectivity index (χ1n) is 6.04. The van der Waals surface area contributed by atoms with Crippen LogP contribution in [0.4, 0.5) is 0 Å². The Morgan fingerprint density at radius 2 is 1.78 bits per heavy atom. The fourth-order valence-electron chi connectivity index (χ4n) is 2.49. The van der Waals surface area contributed by atoms with E-state index in [0.29, 0.717) is 0 Å². The maximum atomic E-state index is 5.85. The summed E-state index contributed by atoms with van der Waals surface area (Å²) in [5.41, 5.74) is 4.30. The summed E-state index contributed by atoms with van der Waals surface area (Å²) in [4.78, 5) is 4.58. The number of hydrogen-bond acceptors (Lipinski definition) is 2. The molecule has 2 heteroatoms. The van der Waals surface area contributed by atoms with Crippen LogP contribution >= 0.6 is 0 Å². The van der Waals surface area contributed by atoms with Gasteiger partial charge in [0.2, 0.25) is 5.89 Å². The molecule has 0 fully saturated rings. The van der Waals surface area contributed by atoms with Crippen molar-refractivity contribution in [2.45, 2.75) is 5.92 Å². The lowest BCUT2D eigenvalue weighted by atomic mass is 10.0. The maximum absolute atomic E-state index is 5.85. The summed E-state index contributed by atoms with van der Waals surface area (Å²) in [5, 5.41) is 0. The van der Waals surface area contributed by atoms with E-state index in [1.54, 1.807) is 0 Å². The van der Waals surface area contributed by atoms with Gasteiger partial charge in [-0.25, -0.2) is 4.98 Å². The average molecular weight is 233 g/mol. The molecule has 1 aliphatic rings. The van der Waals surface area contributed by atoms with E-state index < -0.39 is 0 Å². The Kier molecular flexibility index (Phi) is 1.92. The Labute approximate surface area is 105 Å². The van der Waals surface area contributed by atoms with Crippen LogP contribution in [0.2, 0.25) is 0 Å². The molecule has 0 N–H and O–H groups in total. The summed E-state index contributed by atoms with van der Waals surface area (Å²) in [6.45, 7) is 0. The number of oxazole rings is 1. The average Bonchev–Trinajstić information content (AvgIpc) is 3.02. The van der Waals surface area contributed by atoms with Gasteiger partial charge in [0.25, 0.3) is 0 Å². The third kappa shape index (κ3) is 1.32. The molecule has 0 bridgehead atoms. The monoisotopic (exact) mass is 233 g/mol. The summed E-state index contributed by atoms with van der Waals surface area (Å²) >= 11 is 0. The first-order valence-corrected chi connectivity index (χ1v) is 6.04. The smallest absolute Gasteiger partial charge is 0.206 e. The lowest BCUT2D eigenvalue weighted by molar-refractivity contribution is 0.528. The third-order valence-electron chi connectivity index (χ3n) is 3.38. The van der Waals surface area contributed by atoms with Crippen LogP contribution in [0.3, 0.4) is 0 Å². The number of nitrogens with zero attached hydrogens (tertiary/aromatic N) is 1. The fourth-order valence-corrected chi connectivity index (χ4v) is 2.49. The van der Waals surface area contributed by atoms with Gasteiger partial charge in [-0.05, 0) is 23.3 Å². The molecule has 18 heavy (non-hydrogen) atoms. The largest absolute Gasteiger partial charge is 0.440 e. The normalized spacial score (nSPS) is 17.2. The number of benzene rings is 2. The second-order valence-electron chi connectivity index (χ2n) is 4.49. The lowest BCUT2D eigenvalue weighted by Crippen LogP contribution is -1.95. The topological polar surface area (TPSA) is 26.0 Å². The van der Waals surface area contributed by atoms with Crippen LogP contribution in [-0.4, -0.2) is 4.98 Å². The van der Waals surface area contributed by atoms with E-state index in [-0.39, 0.29) is 5.92 Å². The van der Waals surface area contributed by atoms with Crippen LogP contribution in [0, 0.1) is 0 Å². The highest BCUT2D eigenvalue weighted by atomic mass is 16.3. The Bertz CT molecular complexity index is 721. The summed E-state index contributed by atoms with van der Waals surface area (Å²) in [5.74, 6) is 0.922. The Balaban J connectivity index is 1.87. The third-order valence-corrected chi connectivity index (χ3v) is 3.38. The van der Waals surface area contributed by atoms with Gasteiger partial charge in [-0.1, -0.05) is 48.6 Å². The minimum atomic E-state index is 0.147. The van der Waals surface area contributed by atoms with Crippen LogP contribution in [0.1, 0.15) is 22.9 Å². The fraction of sp³-hybridized carbons (Fsp3) is 0.0625. The highest BCUT2D eigenvalue weighted by Crippen LogP contribution is 2.35. The number of para-hydroxylation sites is 2. The molecule has 0 spiro atoms. The molecule has 0 saturated carbocycles. The zero-order chi connectivity index (χ0) is 11.9. The first-order chi connectivity index (χ1) is 8.92. The quantitative estimate of drug-likeness (QED) is 0.635. The second-order valence-corrected chi connectivity index (χ2v) is 4.49. The van der Waals surface area contributed by atoms with Crippen molar-refractivity contribution >= 4 is 17.2 Å². The van der Waals surface area contributed by atoms with E-state index in [1.807, 2.05) is 24.3 Å². The Morgan fingerprint density at radius 3 is 2.72 bits per heavy atom. The molecule has 0 amide bonds. The number of allylic oxidation sites excluding steroid dienone is 1. The van der Waals surface area contributed by atoms with Crippen molar-refractivity contribution in [3.8, 4) is 0 Å². The van der Waals surface area contributed by atoms with E-state index in [2.05, 4.69) is 41.4 Å². The molecular formula is C16H11NO. The lowest BCUT2D eigenvalue weighted by Gasteiger charge is -2.05. The predicted octanol–water partition coefficient (Wildman–Crippen LogP) is 3.99. The Morgan fingerprint density at radius 1 is 0.944 bits per heavy atom. The van der Waals surface area contributed by atoms with E-state index in [0.717, 1.165) is 17.0 Å². The maximum Gasteiger partial charge on any atom is 0.206 e. The van der Waals surface area contributed by atoms with E-state index in [4.69, 9.17) is 4.42 Å². The van der Waals surface area contributed by atoms with Gasteiger partial charge in [-0.3, -0.25) is 0 Å². The van der Waals surface area contributed by atoms with Crippen molar-refractivity contribution < 1.29 is 4.42 Å². The standard InChI is InChI=1S/C16H11NO/c1-2-6-12-11(5-1)9-10-13(12)16-17-14-7-3-4-8-15(14)18-16/h1-10,13H. The Hall–Kier alpha value is -2.35. The molecule has 4 rings (SSSR count). The summed E-state index contributed by atoms with van der Waals surface area (Å²) < 4.78 is 5.85. The molecule has 1 unspecified atom stereocenters. The predicted molar refractivity (Wildman–Crippen MR) is 71.3 cm³/mol. The van der Waals surface area contributed by atoms with E-state index >= 15 is 0 Å².